The minimum Gasteiger partial charge on any atom is -0.494 e. The number of benzene rings is 2. The molecule has 1 N–H and O–H groups in total. The number of nitrogens with zero attached hydrogens (tertiary/aromatic N) is 2. The molecule has 1 fully saturated rings. The van der Waals surface area contributed by atoms with Crippen LogP contribution in [0.3, 0.4) is 0 Å². The number of piperidine rings is 1. The fraction of sp³-hybridized carbons (Fsp3) is 0.364. The lowest BCUT2D eigenvalue weighted by atomic mass is 9.96. The van der Waals surface area contributed by atoms with E-state index in [1.807, 2.05) is 31.2 Å². The van der Waals surface area contributed by atoms with Crippen molar-refractivity contribution in [1.82, 2.24) is 10.3 Å². The van der Waals surface area contributed by atoms with Crippen LogP contribution < -0.4 is 10.2 Å². The van der Waals surface area contributed by atoms with E-state index in [4.69, 9.17) is 4.74 Å². The van der Waals surface area contributed by atoms with Crippen LogP contribution in [0.1, 0.15) is 30.9 Å². The molecule has 0 aromatic heterocycles. The third-order valence-corrected chi connectivity index (χ3v) is 5.39. The molecule has 0 radical (unpaired) electrons. The highest BCUT2D eigenvalue weighted by atomic mass is 79.9. The first-order valence-electron chi connectivity index (χ1n) is 9.66. The Morgan fingerprint density at radius 2 is 1.86 bits per heavy atom. The number of hydrazone groups is 1. The van der Waals surface area contributed by atoms with Gasteiger partial charge >= 0.3 is 0 Å². The summed E-state index contributed by atoms with van der Waals surface area (Å²) in [5, 5.41) is 4.10. The summed E-state index contributed by atoms with van der Waals surface area (Å²) in [6.07, 6.45) is 3.39. The minimum atomic E-state index is 0.00507. The number of amides is 1. The van der Waals surface area contributed by atoms with Crippen molar-refractivity contribution in [3.05, 3.63) is 64.1 Å². The number of carbonyl (C=O) groups is 1. The van der Waals surface area contributed by atoms with Crippen molar-refractivity contribution in [2.24, 2.45) is 11.0 Å². The molecule has 0 spiro atoms. The lowest BCUT2D eigenvalue weighted by Gasteiger charge is -2.30. The van der Waals surface area contributed by atoms with Crippen molar-refractivity contribution in [3.8, 4) is 5.75 Å². The summed E-state index contributed by atoms with van der Waals surface area (Å²) in [6, 6.07) is 16.0. The monoisotopic (exact) mass is 443 g/mol. The maximum atomic E-state index is 12.4. The van der Waals surface area contributed by atoms with Crippen molar-refractivity contribution in [2.75, 3.05) is 19.7 Å². The molecule has 0 aliphatic carbocycles. The Kier molecular flexibility index (Phi) is 7.62. The second-order valence-corrected chi connectivity index (χ2v) is 7.83. The summed E-state index contributed by atoms with van der Waals surface area (Å²) in [6.45, 7) is 5.38. The van der Waals surface area contributed by atoms with E-state index in [-0.39, 0.29) is 11.8 Å². The zero-order valence-electron chi connectivity index (χ0n) is 16.1. The molecule has 6 heteroatoms. The fourth-order valence-corrected chi connectivity index (χ4v) is 3.54. The second-order valence-electron chi connectivity index (χ2n) is 6.91. The molecule has 5 nitrogen and oxygen atoms in total. The van der Waals surface area contributed by atoms with Crippen LogP contribution in [0.25, 0.3) is 0 Å². The van der Waals surface area contributed by atoms with Crippen LogP contribution in [0, 0.1) is 5.92 Å². The van der Waals surface area contributed by atoms with Crippen molar-refractivity contribution in [3.63, 3.8) is 0 Å². The van der Waals surface area contributed by atoms with Gasteiger partial charge in [0.15, 0.2) is 0 Å². The van der Waals surface area contributed by atoms with Crippen LogP contribution >= 0.6 is 15.9 Å². The molecule has 3 rings (SSSR count). The van der Waals surface area contributed by atoms with Crippen LogP contribution in [0.2, 0.25) is 0 Å². The number of hydrogen-bond donors (Lipinski definition) is 1. The van der Waals surface area contributed by atoms with E-state index in [0.29, 0.717) is 6.61 Å². The molecular weight excluding hydrogens is 418 g/mol. The van der Waals surface area contributed by atoms with Crippen molar-refractivity contribution in [2.45, 2.75) is 26.3 Å². The van der Waals surface area contributed by atoms with Gasteiger partial charge in [0, 0.05) is 16.9 Å². The van der Waals surface area contributed by atoms with E-state index < -0.39 is 0 Å². The molecule has 0 bridgehead atoms. The predicted octanol–water partition coefficient (Wildman–Crippen LogP) is 4.21. The molecule has 1 saturated heterocycles. The number of nitrogens with one attached hydrogen (secondary N) is 1. The van der Waals surface area contributed by atoms with Crippen LogP contribution in [0.5, 0.6) is 5.75 Å². The average Bonchev–Trinajstić information content (AvgIpc) is 2.72. The molecule has 2 aromatic rings. The molecule has 0 saturated carbocycles. The van der Waals surface area contributed by atoms with Gasteiger partial charge in [-0.25, -0.2) is 5.43 Å². The number of ether oxygens (including phenoxy) is 1. The van der Waals surface area contributed by atoms with Crippen LogP contribution in [0.4, 0.5) is 0 Å². The third kappa shape index (κ3) is 6.17. The van der Waals surface area contributed by atoms with Gasteiger partial charge in [-0.15, -0.1) is 0 Å². The average molecular weight is 444 g/mol. The van der Waals surface area contributed by atoms with Gasteiger partial charge in [0.2, 0.25) is 5.91 Å². The number of halogens is 1. The Morgan fingerprint density at radius 1 is 1.18 bits per heavy atom. The highest BCUT2D eigenvalue weighted by molar-refractivity contribution is 9.10. The molecule has 28 heavy (non-hydrogen) atoms. The molecule has 1 heterocycles. The molecule has 148 valence electrons. The molecule has 2 aromatic carbocycles. The maximum absolute atomic E-state index is 12.4. The standard InChI is InChI=1S/C22H26BrN3O2/c1-2-28-21-9-5-17(6-10-21)15-24-25-22(27)19-11-13-26(14-12-19)16-18-3-7-20(23)8-4-18/h3-10,15,19H,2,11-14,16H2,1H3,(H,25,27)/b24-15-. The number of rotatable bonds is 7. The SMILES string of the molecule is CCOc1ccc(/C=N\NC(=O)C2CCN(Cc3ccc(Br)cc3)CC2)cc1. The zero-order valence-corrected chi connectivity index (χ0v) is 17.7. The van der Waals surface area contributed by atoms with E-state index in [1.165, 1.54) is 5.56 Å². The Balaban J connectivity index is 1.41. The van der Waals surface area contributed by atoms with Crippen LogP contribution in [-0.4, -0.2) is 36.7 Å². The highest BCUT2D eigenvalue weighted by Gasteiger charge is 2.24. The van der Waals surface area contributed by atoms with Crippen molar-refractivity contribution >= 4 is 28.1 Å². The molecule has 0 atom stereocenters. The van der Waals surface area contributed by atoms with Gasteiger partial charge in [-0.1, -0.05) is 28.1 Å². The van der Waals surface area contributed by atoms with Gasteiger partial charge in [-0.05, 0) is 80.4 Å². The summed E-state index contributed by atoms with van der Waals surface area (Å²) >= 11 is 3.46. The van der Waals surface area contributed by atoms with Gasteiger partial charge in [0.1, 0.15) is 5.75 Å². The van der Waals surface area contributed by atoms with E-state index in [1.54, 1.807) is 6.21 Å². The summed E-state index contributed by atoms with van der Waals surface area (Å²) in [4.78, 5) is 14.8. The molecule has 1 aliphatic heterocycles. The molecular formula is C22H26BrN3O2. The Morgan fingerprint density at radius 3 is 2.50 bits per heavy atom. The summed E-state index contributed by atoms with van der Waals surface area (Å²) in [7, 11) is 0. The molecule has 1 aliphatic rings. The van der Waals surface area contributed by atoms with E-state index in [0.717, 1.165) is 48.3 Å². The van der Waals surface area contributed by atoms with Crippen molar-refractivity contribution in [1.29, 1.82) is 0 Å². The van der Waals surface area contributed by atoms with E-state index >= 15 is 0 Å². The lowest BCUT2D eigenvalue weighted by molar-refractivity contribution is -0.126. The zero-order chi connectivity index (χ0) is 19.8. The quantitative estimate of drug-likeness (QED) is 0.514. The van der Waals surface area contributed by atoms with Gasteiger partial charge in [0.05, 0.1) is 12.8 Å². The minimum absolute atomic E-state index is 0.00507. The van der Waals surface area contributed by atoms with Crippen LogP contribution in [-0.2, 0) is 11.3 Å². The van der Waals surface area contributed by atoms with Gasteiger partial charge < -0.3 is 4.74 Å². The Labute approximate surface area is 174 Å². The van der Waals surface area contributed by atoms with Crippen molar-refractivity contribution < 1.29 is 9.53 Å². The fourth-order valence-electron chi connectivity index (χ4n) is 3.28. The largest absolute Gasteiger partial charge is 0.494 e. The summed E-state index contributed by atoms with van der Waals surface area (Å²) in [5.74, 6) is 0.864. The first-order valence-corrected chi connectivity index (χ1v) is 10.5. The smallest absolute Gasteiger partial charge is 0.243 e. The number of hydrogen-bond acceptors (Lipinski definition) is 4. The summed E-state index contributed by atoms with van der Waals surface area (Å²) in [5.41, 5.74) is 4.91. The van der Waals surface area contributed by atoms with Gasteiger partial charge in [0.25, 0.3) is 0 Å². The Bertz CT molecular complexity index is 782. The summed E-state index contributed by atoms with van der Waals surface area (Å²) < 4.78 is 6.51. The topological polar surface area (TPSA) is 53.9 Å². The lowest BCUT2D eigenvalue weighted by Crippen LogP contribution is -2.39. The number of likely N-dealkylation sites (tertiary alicyclic amines) is 1. The normalized spacial score (nSPS) is 15.6. The van der Waals surface area contributed by atoms with Crippen LogP contribution in [0.15, 0.2) is 58.1 Å². The molecule has 0 unspecified atom stereocenters. The van der Waals surface area contributed by atoms with Gasteiger partial charge in [-0.2, -0.15) is 5.10 Å². The highest BCUT2D eigenvalue weighted by Crippen LogP contribution is 2.20. The van der Waals surface area contributed by atoms with E-state index in [9.17, 15) is 4.79 Å². The predicted molar refractivity (Wildman–Crippen MR) is 115 cm³/mol. The third-order valence-electron chi connectivity index (χ3n) is 4.86. The number of carbonyl (C=O) groups excluding carboxylic acids is 1. The first kappa shape index (κ1) is 20.6. The first-order chi connectivity index (χ1) is 13.6. The second kappa shape index (κ2) is 10.4. The molecule has 1 amide bonds. The van der Waals surface area contributed by atoms with Gasteiger partial charge in [-0.3, -0.25) is 9.69 Å². The Hall–Kier alpha value is -2.18. The van der Waals surface area contributed by atoms with E-state index in [2.05, 4.69) is 55.6 Å². The maximum Gasteiger partial charge on any atom is 0.243 e.